The van der Waals surface area contributed by atoms with Crippen molar-refractivity contribution in [2.24, 2.45) is 0 Å². The molecule has 4 heteroatoms. The van der Waals surface area contributed by atoms with Gasteiger partial charge in [-0.3, -0.25) is 4.79 Å². The Morgan fingerprint density at radius 1 is 1.33 bits per heavy atom. The van der Waals surface area contributed by atoms with Gasteiger partial charge >= 0.3 is 0 Å². The Bertz CT molecular complexity index is 414. The molecule has 1 amide bonds. The number of amides is 1. The van der Waals surface area contributed by atoms with Crippen molar-refractivity contribution in [2.75, 3.05) is 30.9 Å². The van der Waals surface area contributed by atoms with E-state index in [2.05, 4.69) is 34.6 Å². The second-order valence-electron chi connectivity index (χ2n) is 4.97. The summed E-state index contributed by atoms with van der Waals surface area (Å²) in [6.45, 7) is 6.28. The maximum Gasteiger partial charge on any atom is 0.239 e. The zero-order valence-electron chi connectivity index (χ0n) is 11.9. The van der Waals surface area contributed by atoms with Gasteiger partial charge in [-0.15, -0.1) is 0 Å². The quantitative estimate of drug-likeness (QED) is 0.839. The van der Waals surface area contributed by atoms with Crippen molar-refractivity contribution in [3.8, 4) is 0 Å². The average molecular weight is 249 g/mol. The summed E-state index contributed by atoms with van der Waals surface area (Å²) in [7, 11) is 4.02. The highest BCUT2D eigenvalue weighted by Crippen LogP contribution is 2.22. The van der Waals surface area contributed by atoms with Gasteiger partial charge in [0.2, 0.25) is 5.91 Å². The van der Waals surface area contributed by atoms with E-state index in [4.69, 9.17) is 0 Å². The minimum Gasteiger partial charge on any atom is -0.377 e. The molecule has 0 spiro atoms. The zero-order chi connectivity index (χ0) is 13.7. The van der Waals surface area contributed by atoms with Crippen LogP contribution >= 0.6 is 0 Å². The van der Waals surface area contributed by atoms with Crippen LogP contribution in [0.15, 0.2) is 18.2 Å². The highest BCUT2D eigenvalue weighted by Gasteiger charge is 2.05. The van der Waals surface area contributed by atoms with Crippen LogP contribution in [0.1, 0.15) is 19.4 Å². The number of anilines is 2. The fourth-order valence-electron chi connectivity index (χ4n) is 1.76. The first-order valence-electron chi connectivity index (χ1n) is 6.21. The van der Waals surface area contributed by atoms with Crippen molar-refractivity contribution in [1.82, 2.24) is 5.32 Å². The van der Waals surface area contributed by atoms with Gasteiger partial charge in [-0.25, -0.2) is 0 Å². The summed E-state index contributed by atoms with van der Waals surface area (Å²) in [5, 5.41) is 5.98. The van der Waals surface area contributed by atoms with Crippen LogP contribution in [0.2, 0.25) is 0 Å². The molecule has 0 bridgehead atoms. The van der Waals surface area contributed by atoms with Crippen molar-refractivity contribution < 1.29 is 4.79 Å². The van der Waals surface area contributed by atoms with E-state index >= 15 is 0 Å². The predicted octanol–water partition coefficient (Wildman–Crippen LogP) is 2.00. The fourth-order valence-corrected chi connectivity index (χ4v) is 1.76. The molecule has 100 valence electrons. The van der Waals surface area contributed by atoms with Gasteiger partial charge in [0.05, 0.1) is 6.54 Å². The lowest BCUT2D eigenvalue weighted by Crippen LogP contribution is -2.34. The van der Waals surface area contributed by atoms with E-state index in [-0.39, 0.29) is 11.9 Å². The van der Waals surface area contributed by atoms with Gasteiger partial charge < -0.3 is 15.5 Å². The summed E-state index contributed by atoms with van der Waals surface area (Å²) in [5.41, 5.74) is 3.34. The first kappa shape index (κ1) is 14.4. The van der Waals surface area contributed by atoms with Crippen LogP contribution in [0.5, 0.6) is 0 Å². The van der Waals surface area contributed by atoms with Gasteiger partial charge in [0.1, 0.15) is 0 Å². The number of hydrogen-bond donors (Lipinski definition) is 2. The third-order valence-electron chi connectivity index (χ3n) is 2.59. The molecule has 0 aliphatic carbocycles. The van der Waals surface area contributed by atoms with Gasteiger partial charge in [0.25, 0.3) is 0 Å². The molecule has 0 aliphatic rings. The van der Waals surface area contributed by atoms with Gasteiger partial charge in [-0.2, -0.15) is 0 Å². The second kappa shape index (κ2) is 6.28. The molecule has 0 aliphatic heterocycles. The lowest BCUT2D eigenvalue weighted by atomic mass is 10.1. The standard InChI is InChI=1S/C14H23N3O/c1-10(2)16-14(18)9-15-12-7-6-11(3)13(8-12)17(4)5/h6-8,10,15H,9H2,1-5H3,(H,16,18). The fraction of sp³-hybridized carbons (Fsp3) is 0.500. The van der Waals surface area contributed by atoms with E-state index in [1.807, 2.05) is 34.0 Å². The molecule has 1 aromatic rings. The summed E-state index contributed by atoms with van der Waals surface area (Å²) in [4.78, 5) is 13.6. The summed E-state index contributed by atoms with van der Waals surface area (Å²) in [5.74, 6) is 0.0111. The molecule has 0 saturated carbocycles. The largest absolute Gasteiger partial charge is 0.377 e. The molecule has 0 heterocycles. The SMILES string of the molecule is Cc1ccc(NCC(=O)NC(C)C)cc1N(C)C. The highest BCUT2D eigenvalue weighted by atomic mass is 16.1. The smallest absolute Gasteiger partial charge is 0.239 e. The molecular weight excluding hydrogens is 226 g/mol. The first-order valence-corrected chi connectivity index (χ1v) is 6.21. The van der Waals surface area contributed by atoms with Crippen LogP contribution in [-0.2, 0) is 4.79 Å². The molecule has 0 unspecified atom stereocenters. The number of nitrogens with one attached hydrogen (secondary N) is 2. The summed E-state index contributed by atoms with van der Waals surface area (Å²) < 4.78 is 0. The number of rotatable bonds is 5. The van der Waals surface area contributed by atoms with E-state index in [0.29, 0.717) is 6.54 Å². The Balaban J connectivity index is 2.63. The molecule has 0 fully saturated rings. The maximum atomic E-state index is 11.5. The molecule has 18 heavy (non-hydrogen) atoms. The molecule has 4 nitrogen and oxygen atoms in total. The molecule has 0 atom stereocenters. The molecule has 1 aromatic carbocycles. The van der Waals surface area contributed by atoms with E-state index < -0.39 is 0 Å². The van der Waals surface area contributed by atoms with Crippen LogP contribution in [0, 0.1) is 6.92 Å². The van der Waals surface area contributed by atoms with Crippen molar-refractivity contribution in [2.45, 2.75) is 26.8 Å². The molecule has 0 aromatic heterocycles. The predicted molar refractivity (Wildman–Crippen MR) is 77.3 cm³/mol. The van der Waals surface area contributed by atoms with Gasteiger partial charge in [-0.1, -0.05) is 6.07 Å². The van der Waals surface area contributed by atoms with Gasteiger partial charge in [0, 0.05) is 31.5 Å². The number of nitrogens with zero attached hydrogens (tertiary/aromatic N) is 1. The summed E-state index contributed by atoms with van der Waals surface area (Å²) >= 11 is 0. The van der Waals surface area contributed by atoms with E-state index in [0.717, 1.165) is 11.4 Å². The Labute approximate surface area is 109 Å². The van der Waals surface area contributed by atoms with Crippen molar-refractivity contribution in [1.29, 1.82) is 0 Å². The third-order valence-corrected chi connectivity index (χ3v) is 2.59. The van der Waals surface area contributed by atoms with E-state index in [1.54, 1.807) is 0 Å². The highest BCUT2D eigenvalue weighted by molar-refractivity contribution is 5.81. The topological polar surface area (TPSA) is 44.4 Å². The summed E-state index contributed by atoms with van der Waals surface area (Å²) in [6, 6.07) is 6.27. The van der Waals surface area contributed by atoms with Crippen molar-refractivity contribution in [3.05, 3.63) is 23.8 Å². The maximum absolute atomic E-state index is 11.5. The van der Waals surface area contributed by atoms with Crippen LogP contribution < -0.4 is 15.5 Å². The molecule has 0 saturated heterocycles. The minimum atomic E-state index is 0.0111. The number of aryl methyl sites for hydroxylation is 1. The Morgan fingerprint density at radius 3 is 2.56 bits per heavy atom. The first-order chi connectivity index (χ1) is 8.40. The number of benzene rings is 1. The number of carbonyl (C=O) groups is 1. The molecule has 2 N–H and O–H groups in total. The number of carbonyl (C=O) groups excluding carboxylic acids is 1. The Kier molecular flexibility index (Phi) is 5.01. The van der Waals surface area contributed by atoms with Crippen LogP contribution in [0.3, 0.4) is 0 Å². The number of hydrogen-bond acceptors (Lipinski definition) is 3. The van der Waals surface area contributed by atoms with Crippen molar-refractivity contribution >= 4 is 17.3 Å². The zero-order valence-corrected chi connectivity index (χ0v) is 11.9. The van der Waals surface area contributed by atoms with Crippen LogP contribution in [0.25, 0.3) is 0 Å². The van der Waals surface area contributed by atoms with E-state index in [1.165, 1.54) is 5.56 Å². The van der Waals surface area contributed by atoms with Gasteiger partial charge in [-0.05, 0) is 38.5 Å². The minimum absolute atomic E-state index is 0.0111. The summed E-state index contributed by atoms with van der Waals surface area (Å²) in [6.07, 6.45) is 0. The molecule has 1 rings (SSSR count). The van der Waals surface area contributed by atoms with E-state index in [9.17, 15) is 4.79 Å². The molecular formula is C14H23N3O. The third kappa shape index (κ3) is 4.28. The van der Waals surface area contributed by atoms with Crippen molar-refractivity contribution in [3.63, 3.8) is 0 Å². The second-order valence-corrected chi connectivity index (χ2v) is 4.97. The Hall–Kier alpha value is -1.71. The van der Waals surface area contributed by atoms with Crippen LogP contribution in [-0.4, -0.2) is 32.6 Å². The average Bonchev–Trinajstić information content (AvgIpc) is 2.26. The lowest BCUT2D eigenvalue weighted by molar-refractivity contribution is -0.119. The Morgan fingerprint density at radius 2 is 2.00 bits per heavy atom. The monoisotopic (exact) mass is 249 g/mol. The molecule has 0 radical (unpaired) electrons. The lowest BCUT2D eigenvalue weighted by Gasteiger charge is -2.17. The van der Waals surface area contributed by atoms with Crippen LogP contribution in [0.4, 0.5) is 11.4 Å². The van der Waals surface area contributed by atoms with Gasteiger partial charge in [0.15, 0.2) is 0 Å². The normalized spacial score (nSPS) is 10.3.